The molecule has 1 saturated carbocycles. The van der Waals surface area contributed by atoms with E-state index in [1.807, 2.05) is 6.33 Å². The van der Waals surface area contributed by atoms with Gasteiger partial charge >= 0.3 is 0 Å². The molecule has 1 aliphatic rings. The maximum atomic E-state index is 4.50. The summed E-state index contributed by atoms with van der Waals surface area (Å²) in [5.41, 5.74) is 2.36. The van der Waals surface area contributed by atoms with Gasteiger partial charge in [0.25, 0.3) is 0 Å². The molecule has 0 amide bonds. The molecule has 3 heteroatoms. The van der Waals surface area contributed by atoms with E-state index in [1.54, 1.807) is 0 Å². The number of aromatic nitrogens is 2. The smallest absolute Gasteiger partial charge is 0.0961 e. The van der Waals surface area contributed by atoms with E-state index in [1.165, 1.54) is 31.2 Å². The first-order valence-corrected chi connectivity index (χ1v) is 7.03. The molecular weight excluding hydrogens is 222 g/mol. The van der Waals surface area contributed by atoms with Crippen LogP contribution < -0.4 is 5.32 Å². The van der Waals surface area contributed by atoms with Crippen LogP contribution in [0.5, 0.6) is 0 Å². The Labute approximate surface area is 108 Å². The van der Waals surface area contributed by atoms with E-state index in [2.05, 4.69) is 46.1 Å². The molecule has 1 N–H and O–H groups in total. The Bertz CT molecular complexity index is 513. The second-order valence-electron chi connectivity index (χ2n) is 5.27. The Kier molecular flexibility index (Phi) is 3.33. The predicted molar refractivity (Wildman–Crippen MR) is 74.7 cm³/mol. The van der Waals surface area contributed by atoms with Crippen LogP contribution in [0.1, 0.15) is 38.6 Å². The number of para-hydroxylation sites is 2. The first kappa shape index (κ1) is 11.7. The Morgan fingerprint density at radius 2 is 2.22 bits per heavy atom. The Morgan fingerprint density at radius 3 is 3.00 bits per heavy atom. The van der Waals surface area contributed by atoms with Gasteiger partial charge in [-0.05, 0) is 31.4 Å². The molecule has 1 aromatic heterocycles. The highest BCUT2D eigenvalue weighted by Gasteiger charge is 2.22. The molecule has 1 heterocycles. The SMILES string of the molecule is CCCC(CNC1CC1)n1cnc2ccccc21. The minimum Gasteiger partial charge on any atom is -0.326 e. The topological polar surface area (TPSA) is 29.9 Å². The lowest BCUT2D eigenvalue weighted by atomic mass is 10.1. The van der Waals surface area contributed by atoms with E-state index in [0.717, 1.165) is 18.1 Å². The van der Waals surface area contributed by atoms with Gasteiger partial charge in [-0.3, -0.25) is 0 Å². The molecule has 1 atom stereocenters. The summed E-state index contributed by atoms with van der Waals surface area (Å²) < 4.78 is 2.34. The van der Waals surface area contributed by atoms with Gasteiger partial charge < -0.3 is 9.88 Å². The average molecular weight is 243 g/mol. The quantitative estimate of drug-likeness (QED) is 0.844. The normalized spacial score (nSPS) is 17.2. The summed E-state index contributed by atoms with van der Waals surface area (Å²) in [5, 5.41) is 3.65. The van der Waals surface area contributed by atoms with Gasteiger partial charge in [0.1, 0.15) is 0 Å². The van der Waals surface area contributed by atoms with Crippen molar-refractivity contribution in [2.45, 2.75) is 44.7 Å². The molecule has 3 rings (SSSR count). The van der Waals surface area contributed by atoms with Crippen molar-refractivity contribution in [2.75, 3.05) is 6.54 Å². The van der Waals surface area contributed by atoms with Crippen molar-refractivity contribution in [2.24, 2.45) is 0 Å². The molecule has 0 saturated heterocycles. The van der Waals surface area contributed by atoms with Crippen LogP contribution in [0.2, 0.25) is 0 Å². The number of fused-ring (bicyclic) bond motifs is 1. The maximum absolute atomic E-state index is 4.50. The van der Waals surface area contributed by atoms with Crippen molar-refractivity contribution in [1.29, 1.82) is 0 Å². The van der Waals surface area contributed by atoms with Gasteiger partial charge in [0.15, 0.2) is 0 Å². The standard InChI is InChI=1S/C15H21N3/c1-2-5-13(10-16-12-8-9-12)18-11-17-14-6-3-4-7-15(14)18/h3-4,6-7,11-13,16H,2,5,8-10H2,1H3. The lowest BCUT2D eigenvalue weighted by molar-refractivity contribution is 0.435. The van der Waals surface area contributed by atoms with Crippen LogP contribution in [0.3, 0.4) is 0 Å². The molecule has 0 bridgehead atoms. The summed E-state index contributed by atoms with van der Waals surface area (Å²) in [4.78, 5) is 4.50. The molecule has 18 heavy (non-hydrogen) atoms. The van der Waals surface area contributed by atoms with E-state index in [0.29, 0.717) is 6.04 Å². The molecule has 0 aliphatic heterocycles. The molecule has 0 spiro atoms. The fourth-order valence-corrected chi connectivity index (χ4v) is 2.53. The number of nitrogens with zero attached hydrogens (tertiary/aromatic N) is 2. The Balaban J connectivity index is 1.82. The first-order valence-electron chi connectivity index (χ1n) is 7.03. The third kappa shape index (κ3) is 2.41. The minimum absolute atomic E-state index is 0.531. The highest BCUT2D eigenvalue weighted by Crippen LogP contribution is 2.23. The van der Waals surface area contributed by atoms with Gasteiger partial charge in [-0.1, -0.05) is 25.5 Å². The van der Waals surface area contributed by atoms with Gasteiger partial charge in [-0.15, -0.1) is 0 Å². The van der Waals surface area contributed by atoms with E-state index < -0.39 is 0 Å². The van der Waals surface area contributed by atoms with Crippen LogP contribution in [0.25, 0.3) is 11.0 Å². The number of imidazole rings is 1. The number of rotatable bonds is 6. The van der Waals surface area contributed by atoms with Crippen molar-refractivity contribution in [3.8, 4) is 0 Å². The third-order valence-corrected chi connectivity index (χ3v) is 3.72. The molecule has 1 aromatic carbocycles. The molecule has 96 valence electrons. The van der Waals surface area contributed by atoms with Crippen molar-refractivity contribution in [3.05, 3.63) is 30.6 Å². The molecule has 3 nitrogen and oxygen atoms in total. The first-order chi connectivity index (χ1) is 8.88. The average Bonchev–Trinajstić information content (AvgIpc) is 3.13. The van der Waals surface area contributed by atoms with Crippen LogP contribution in [0.15, 0.2) is 30.6 Å². The number of benzene rings is 1. The zero-order valence-corrected chi connectivity index (χ0v) is 11.0. The number of hydrogen-bond donors (Lipinski definition) is 1. The summed E-state index contributed by atoms with van der Waals surface area (Å²) >= 11 is 0. The second-order valence-corrected chi connectivity index (χ2v) is 5.27. The van der Waals surface area contributed by atoms with E-state index in [9.17, 15) is 0 Å². The summed E-state index contributed by atoms with van der Waals surface area (Å²) in [6.45, 7) is 3.32. The van der Waals surface area contributed by atoms with Crippen LogP contribution in [0, 0.1) is 0 Å². The molecule has 1 aliphatic carbocycles. The zero-order valence-electron chi connectivity index (χ0n) is 11.0. The van der Waals surface area contributed by atoms with Crippen molar-refractivity contribution in [1.82, 2.24) is 14.9 Å². The summed E-state index contributed by atoms with van der Waals surface area (Å²) in [6, 6.07) is 9.71. The van der Waals surface area contributed by atoms with Crippen LogP contribution in [0.4, 0.5) is 0 Å². The van der Waals surface area contributed by atoms with Gasteiger partial charge in [-0.25, -0.2) is 4.98 Å². The lowest BCUT2D eigenvalue weighted by Crippen LogP contribution is -2.26. The van der Waals surface area contributed by atoms with E-state index in [4.69, 9.17) is 0 Å². The molecule has 1 unspecified atom stereocenters. The third-order valence-electron chi connectivity index (χ3n) is 3.72. The number of nitrogens with one attached hydrogen (secondary N) is 1. The number of hydrogen-bond acceptors (Lipinski definition) is 2. The molecule has 1 fully saturated rings. The van der Waals surface area contributed by atoms with Crippen molar-refractivity contribution < 1.29 is 0 Å². The molecule has 2 aromatic rings. The predicted octanol–water partition coefficient (Wildman–Crippen LogP) is 3.13. The minimum atomic E-state index is 0.531. The maximum Gasteiger partial charge on any atom is 0.0961 e. The summed E-state index contributed by atoms with van der Waals surface area (Å²) in [6.07, 6.45) is 7.12. The highest BCUT2D eigenvalue weighted by molar-refractivity contribution is 5.75. The molecule has 0 radical (unpaired) electrons. The van der Waals surface area contributed by atoms with Gasteiger partial charge in [0, 0.05) is 18.6 Å². The van der Waals surface area contributed by atoms with Crippen LogP contribution in [-0.2, 0) is 0 Å². The monoisotopic (exact) mass is 243 g/mol. The van der Waals surface area contributed by atoms with Crippen LogP contribution >= 0.6 is 0 Å². The molecular formula is C15H21N3. The summed E-state index contributed by atoms with van der Waals surface area (Å²) in [7, 11) is 0. The van der Waals surface area contributed by atoms with Gasteiger partial charge in [0.2, 0.25) is 0 Å². The second kappa shape index (κ2) is 5.11. The van der Waals surface area contributed by atoms with E-state index in [-0.39, 0.29) is 0 Å². The fraction of sp³-hybridized carbons (Fsp3) is 0.533. The lowest BCUT2D eigenvalue weighted by Gasteiger charge is -2.19. The van der Waals surface area contributed by atoms with Gasteiger partial charge in [-0.2, -0.15) is 0 Å². The van der Waals surface area contributed by atoms with Crippen molar-refractivity contribution >= 4 is 11.0 Å². The fourth-order valence-electron chi connectivity index (χ4n) is 2.53. The summed E-state index contributed by atoms with van der Waals surface area (Å²) in [5.74, 6) is 0. The Morgan fingerprint density at radius 1 is 1.39 bits per heavy atom. The van der Waals surface area contributed by atoms with Crippen molar-refractivity contribution in [3.63, 3.8) is 0 Å². The van der Waals surface area contributed by atoms with Crippen LogP contribution in [-0.4, -0.2) is 22.1 Å². The van der Waals surface area contributed by atoms with Gasteiger partial charge in [0.05, 0.1) is 17.4 Å². The zero-order chi connectivity index (χ0) is 12.4. The Hall–Kier alpha value is -1.35. The highest BCUT2D eigenvalue weighted by atomic mass is 15.1. The van der Waals surface area contributed by atoms with E-state index >= 15 is 0 Å². The largest absolute Gasteiger partial charge is 0.326 e.